The zero-order chi connectivity index (χ0) is 6.41. The smallest absolute Gasteiger partial charge is 0.0934 e. The Kier molecular flexibility index (Phi) is 5.01. The average Bonchev–Trinajstić information content (AvgIpc) is 1.66. The van der Waals surface area contributed by atoms with Gasteiger partial charge in [-0.15, -0.1) is 0 Å². The van der Waals surface area contributed by atoms with Crippen LogP contribution in [0.4, 0.5) is 0 Å². The molecule has 0 aromatic carbocycles. The van der Waals surface area contributed by atoms with Crippen molar-refractivity contribution in [1.82, 2.24) is 0 Å². The van der Waals surface area contributed by atoms with E-state index in [-0.39, 0.29) is 0 Å². The van der Waals surface area contributed by atoms with Crippen molar-refractivity contribution >= 4 is 0 Å². The van der Waals surface area contributed by atoms with Crippen LogP contribution in [-0.4, -0.2) is 26.8 Å². The fourth-order valence-corrected chi connectivity index (χ4v) is 0.391. The number of ether oxygens (including phenoxy) is 1. The Balaban J connectivity index is 2.72. The van der Waals surface area contributed by atoms with E-state index in [1.807, 2.05) is 14.0 Å². The first-order valence-electron chi connectivity index (χ1n) is 2.99. The lowest BCUT2D eigenvalue weighted by Gasteiger charge is -2.12. The fraction of sp³-hybridized carbons (Fsp3) is 0.833. The van der Waals surface area contributed by atoms with Crippen molar-refractivity contribution in [2.45, 2.75) is 6.92 Å². The van der Waals surface area contributed by atoms with Gasteiger partial charge in [-0.05, 0) is 6.92 Å². The molecule has 0 aromatic heterocycles. The maximum absolute atomic E-state index is 5.08. The Morgan fingerprint density at radius 2 is 2.25 bits per heavy atom. The maximum atomic E-state index is 5.08. The molecule has 0 aliphatic rings. The molecule has 2 heteroatoms. The standard InChI is InChI=1S/C6H15NO/c1-4-8-6-5-7(2)3/h7H,2,4-6H2,1,3H3. The molecule has 0 aliphatic heterocycles. The molecule has 0 aromatic rings. The van der Waals surface area contributed by atoms with Gasteiger partial charge >= 0.3 is 0 Å². The van der Waals surface area contributed by atoms with Crippen molar-refractivity contribution in [2.75, 3.05) is 26.8 Å². The molecular formula is C6H15NO. The van der Waals surface area contributed by atoms with Crippen LogP contribution in [0.2, 0.25) is 0 Å². The summed E-state index contributed by atoms with van der Waals surface area (Å²) < 4.78 is 5.08. The second-order valence-electron chi connectivity index (χ2n) is 1.90. The topological polar surface area (TPSA) is 13.7 Å². The molecular weight excluding hydrogens is 102 g/mol. The summed E-state index contributed by atoms with van der Waals surface area (Å²) in [6.45, 7) is 4.63. The van der Waals surface area contributed by atoms with E-state index in [9.17, 15) is 0 Å². The Morgan fingerprint density at radius 1 is 1.62 bits per heavy atom. The SMILES string of the molecule is [CH2-][NH+](C)CCOCC. The molecule has 0 bridgehead atoms. The van der Waals surface area contributed by atoms with Crippen LogP contribution in [-0.2, 0) is 4.74 Å². The van der Waals surface area contributed by atoms with Crippen LogP contribution in [0.1, 0.15) is 6.92 Å². The van der Waals surface area contributed by atoms with Crippen LogP contribution in [0.5, 0.6) is 0 Å². The summed E-state index contributed by atoms with van der Waals surface area (Å²) in [6.07, 6.45) is 0. The minimum atomic E-state index is 0.813. The van der Waals surface area contributed by atoms with Gasteiger partial charge < -0.3 is 9.64 Å². The van der Waals surface area contributed by atoms with Crippen molar-refractivity contribution in [3.05, 3.63) is 7.05 Å². The van der Waals surface area contributed by atoms with Crippen LogP contribution in [0.3, 0.4) is 0 Å². The monoisotopic (exact) mass is 117 g/mol. The first-order chi connectivity index (χ1) is 3.77. The first kappa shape index (κ1) is 7.92. The van der Waals surface area contributed by atoms with Gasteiger partial charge in [0.15, 0.2) is 0 Å². The van der Waals surface area contributed by atoms with Gasteiger partial charge in [-0.2, -0.15) is 7.05 Å². The zero-order valence-electron chi connectivity index (χ0n) is 5.74. The first-order valence-corrected chi connectivity index (χ1v) is 2.99. The molecule has 0 fully saturated rings. The van der Waals surface area contributed by atoms with Gasteiger partial charge in [-0.3, -0.25) is 0 Å². The summed E-state index contributed by atoms with van der Waals surface area (Å²) in [5.74, 6) is 0. The van der Waals surface area contributed by atoms with Gasteiger partial charge in [-0.25, -0.2) is 0 Å². The summed E-state index contributed by atoms with van der Waals surface area (Å²) in [5.41, 5.74) is 0. The number of hydrogen-bond acceptors (Lipinski definition) is 1. The van der Waals surface area contributed by atoms with Gasteiger partial charge in [0.25, 0.3) is 0 Å². The van der Waals surface area contributed by atoms with Crippen molar-refractivity contribution < 1.29 is 9.64 Å². The van der Waals surface area contributed by atoms with E-state index >= 15 is 0 Å². The summed E-state index contributed by atoms with van der Waals surface area (Å²) in [6, 6.07) is 0. The van der Waals surface area contributed by atoms with Crippen molar-refractivity contribution in [2.24, 2.45) is 0 Å². The maximum Gasteiger partial charge on any atom is 0.0934 e. The van der Waals surface area contributed by atoms with Crippen molar-refractivity contribution in [3.8, 4) is 0 Å². The lowest BCUT2D eigenvalue weighted by atomic mass is 10.6. The van der Waals surface area contributed by atoms with Crippen LogP contribution in [0, 0.1) is 7.05 Å². The number of nitrogens with one attached hydrogen (secondary N) is 1. The molecule has 0 aliphatic carbocycles. The van der Waals surface area contributed by atoms with E-state index in [2.05, 4.69) is 7.05 Å². The largest absolute Gasteiger partial charge is 0.468 e. The van der Waals surface area contributed by atoms with Crippen molar-refractivity contribution in [3.63, 3.8) is 0 Å². The van der Waals surface area contributed by atoms with Crippen molar-refractivity contribution in [1.29, 1.82) is 0 Å². The number of likely N-dealkylation sites (N-methyl/N-ethyl adjacent to an activating group) is 1. The van der Waals surface area contributed by atoms with E-state index in [1.54, 1.807) is 0 Å². The van der Waals surface area contributed by atoms with E-state index in [0.717, 1.165) is 19.8 Å². The third-order valence-electron chi connectivity index (χ3n) is 0.877. The molecule has 2 nitrogen and oxygen atoms in total. The molecule has 0 saturated heterocycles. The van der Waals surface area contributed by atoms with Crippen LogP contribution in [0.15, 0.2) is 0 Å². The molecule has 0 radical (unpaired) electrons. The summed E-state index contributed by atoms with van der Waals surface area (Å²) in [5, 5.41) is 0. The highest BCUT2D eigenvalue weighted by Crippen LogP contribution is 1.65. The Morgan fingerprint density at radius 3 is 2.62 bits per heavy atom. The van der Waals surface area contributed by atoms with Gasteiger partial charge in [0.1, 0.15) is 0 Å². The predicted octanol–water partition coefficient (Wildman–Crippen LogP) is -0.671. The summed E-state index contributed by atoms with van der Waals surface area (Å²) in [7, 11) is 5.76. The van der Waals surface area contributed by atoms with Gasteiger partial charge in [-0.1, -0.05) is 0 Å². The molecule has 8 heavy (non-hydrogen) atoms. The average molecular weight is 117 g/mol. The van der Waals surface area contributed by atoms with Crippen LogP contribution >= 0.6 is 0 Å². The quantitative estimate of drug-likeness (QED) is 0.381. The summed E-state index contributed by atoms with van der Waals surface area (Å²) >= 11 is 0. The number of rotatable bonds is 4. The van der Waals surface area contributed by atoms with Gasteiger partial charge in [0, 0.05) is 13.7 Å². The molecule has 50 valence electrons. The molecule has 0 spiro atoms. The molecule has 1 atom stereocenters. The van der Waals surface area contributed by atoms with E-state index in [4.69, 9.17) is 4.74 Å². The molecule has 1 N–H and O–H groups in total. The second kappa shape index (κ2) is 5.06. The fourth-order valence-electron chi connectivity index (χ4n) is 0.391. The van der Waals surface area contributed by atoms with E-state index in [1.165, 1.54) is 4.90 Å². The normalized spacial score (nSPS) is 13.9. The zero-order valence-corrected chi connectivity index (χ0v) is 5.74. The Labute approximate surface area is 51.4 Å². The second-order valence-corrected chi connectivity index (χ2v) is 1.90. The third kappa shape index (κ3) is 5.92. The predicted molar refractivity (Wildman–Crippen MR) is 33.6 cm³/mol. The minimum absolute atomic E-state index is 0.813. The Hall–Kier alpha value is -0.0800. The minimum Gasteiger partial charge on any atom is -0.468 e. The lowest BCUT2D eigenvalue weighted by molar-refractivity contribution is -0.832. The highest BCUT2D eigenvalue weighted by molar-refractivity contribution is 4.21. The van der Waals surface area contributed by atoms with E-state index in [0.29, 0.717) is 0 Å². The number of quaternary nitrogens is 1. The molecule has 0 heterocycles. The molecule has 0 amide bonds. The Bertz CT molecular complexity index is 45.8. The molecule has 0 rings (SSSR count). The van der Waals surface area contributed by atoms with Gasteiger partial charge in [0.05, 0.1) is 13.2 Å². The van der Waals surface area contributed by atoms with E-state index < -0.39 is 0 Å². The molecule has 1 unspecified atom stereocenters. The van der Waals surface area contributed by atoms with Crippen LogP contribution in [0.25, 0.3) is 0 Å². The highest BCUT2D eigenvalue weighted by Gasteiger charge is 1.84. The third-order valence-corrected chi connectivity index (χ3v) is 0.877. The number of hydrogen-bond donors (Lipinski definition) is 1. The highest BCUT2D eigenvalue weighted by atomic mass is 16.5. The summed E-state index contributed by atoms with van der Waals surface area (Å²) in [4.78, 5) is 1.19. The van der Waals surface area contributed by atoms with Gasteiger partial charge in [0.2, 0.25) is 0 Å². The molecule has 0 saturated carbocycles. The lowest BCUT2D eigenvalue weighted by Crippen LogP contribution is -3.04. The van der Waals surface area contributed by atoms with Crippen LogP contribution < -0.4 is 4.90 Å².